The molecule has 0 spiro atoms. The van der Waals surface area contributed by atoms with Gasteiger partial charge in [-0.3, -0.25) is 4.72 Å². The predicted molar refractivity (Wildman–Crippen MR) is 99.8 cm³/mol. The zero-order valence-electron chi connectivity index (χ0n) is 13.4. The quantitative estimate of drug-likeness (QED) is 0.545. The summed E-state index contributed by atoms with van der Waals surface area (Å²) in [5.41, 5.74) is 1.40. The highest BCUT2D eigenvalue weighted by Gasteiger charge is 2.19. The van der Waals surface area contributed by atoms with Crippen molar-refractivity contribution in [3.05, 3.63) is 48.8 Å². The Morgan fingerprint density at radius 3 is 2.65 bits per heavy atom. The molecule has 2 heterocycles. The van der Waals surface area contributed by atoms with E-state index in [0.717, 1.165) is 21.8 Å². The summed E-state index contributed by atoms with van der Waals surface area (Å²) in [5.74, 6) is 0. The van der Waals surface area contributed by atoms with Crippen molar-refractivity contribution in [2.75, 3.05) is 4.72 Å². The van der Waals surface area contributed by atoms with E-state index in [1.807, 2.05) is 23.7 Å². The molecule has 8 nitrogen and oxygen atoms in total. The van der Waals surface area contributed by atoms with E-state index in [9.17, 15) is 8.42 Å². The monoisotopic (exact) mass is 404 g/mol. The standard InChI is InChI=1S/C15H12N6O2S3/c1-21-9-16-17-15(21)24-11-7-5-10(6-8-11)20-26(22,23)13-4-2-3-12-14(13)19-25-18-12/h2-9,20H,1H3. The third-order valence-corrected chi connectivity index (χ3v) is 6.54. The van der Waals surface area contributed by atoms with E-state index in [0.29, 0.717) is 16.7 Å². The maximum absolute atomic E-state index is 12.7. The molecule has 26 heavy (non-hydrogen) atoms. The molecule has 0 fully saturated rings. The molecule has 0 aliphatic carbocycles. The van der Waals surface area contributed by atoms with E-state index in [1.165, 1.54) is 17.8 Å². The van der Waals surface area contributed by atoms with Crippen molar-refractivity contribution < 1.29 is 8.42 Å². The molecule has 1 N–H and O–H groups in total. The van der Waals surface area contributed by atoms with Gasteiger partial charge in [-0.05, 0) is 48.2 Å². The van der Waals surface area contributed by atoms with Gasteiger partial charge in [-0.2, -0.15) is 8.75 Å². The minimum absolute atomic E-state index is 0.112. The SMILES string of the molecule is Cn1cnnc1Sc1ccc(NS(=O)(=O)c2cccc3nsnc23)cc1. The van der Waals surface area contributed by atoms with Crippen LogP contribution < -0.4 is 4.72 Å². The number of hydrogen-bond donors (Lipinski definition) is 1. The highest BCUT2D eigenvalue weighted by Crippen LogP contribution is 2.28. The van der Waals surface area contributed by atoms with Gasteiger partial charge in [-0.25, -0.2) is 8.42 Å². The Balaban J connectivity index is 1.57. The van der Waals surface area contributed by atoms with Crippen LogP contribution in [-0.2, 0) is 17.1 Å². The Morgan fingerprint density at radius 2 is 1.92 bits per heavy atom. The summed E-state index contributed by atoms with van der Waals surface area (Å²) < 4.78 is 37.9. The molecule has 0 saturated heterocycles. The van der Waals surface area contributed by atoms with Crippen molar-refractivity contribution in [3.63, 3.8) is 0 Å². The van der Waals surface area contributed by atoms with Crippen LogP contribution in [0.2, 0.25) is 0 Å². The molecule has 2 aromatic carbocycles. The lowest BCUT2D eigenvalue weighted by Gasteiger charge is -2.09. The number of rotatable bonds is 5. The van der Waals surface area contributed by atoms with Crippen LogP contribution in [0.25, 0.3) is 11.0 Å². The normalized spacial score (nSPS) is 11.7. The van der Waals surface area contributed by atoms with Crippen molar-refractivity contribution in [2.45, 2.75) is 14.9 Å². The number of nitrogens with zero attached hydrogens (tertiary/aromatic N) is 5. The van der Waals surface area contributed by atoms with Crippen LogP contribution in [0.3, 0.4) is 0 Å². The minimum atomic E-state index is -3.76. The van der Waals surface area contributed by atoms with Crippen molar-refractivity contribution in [1.29, 1.82) is 0 Å². The lowest BCUT2D eigenvalue weighted by atomic mass is 10.3. The second-order valence-corrected chi connectivity index (χ2v) is 8.56. The van der Waals surface area contributed by atoms with E-state index in [4.69, 9.17) is 0 Å². The van der Waals surface area contributed by atoms with Crippen LogP contribution >= 0.6 is 23.5 Å². The predicted octanol–water partition coefficient (Wildman–Crippen LogP) is 2.77. The fraction of sp³-hybridized carbons (Fsp3) is 0.0667. The van der Waals surface area contributed by atoms with E-state index in [-0.39, 0.29) is 4.90 Å². The molecular formula is C15H12N6O2S3. The Morgan fingerprint density at radius 1 is 1.12 bits per heavy atom. The van der Waals surface area contributed by atoms with Crippen LogP contribution in [-0.4, -0.2) is 31.9 Å². The number of aryl methyl sites for hydroxylation is 1. The Bertz CT molecular complexity index is 1170. The molecule has 4 rings (SSSR count). The van der Waals surface area contributed by atoms with Crippen molar-refractivity contribution in [2.24, 2.45) is 7.05 Å². The first-order valence-electron chi connectivity index (χ1n) is 7.39. The highest BCUT2D eigenvalue weighted by atomic mass is 32.2. The van der Waals surface area contributed by atoms with Crippen LogP contribution in [0.1, 0.15) is 0 Å². The topological polar surface area (TPSA) is 103 Å². The number of nitrogens with one attached hydrogen (secondary N) is 1. The lowest BCUT2D eigenvalue weighted by Crippen LogP contribution is -2.13. The fourth-order valence-corrected chi connectivity index (χ4v) is 4.86. The van der Waals surface area contributed by atoms with Gasteiger partial charge in [-0.15, -0.1) is 10.2 Å². The molecule has 0 radical (unpaired) electrons. The van der Waals surface area contributed by atoms with Gasteiger partial charge in [0.1, 0.15) is 22.3 Å². The maximum atomic E-state index is 12.7. The number of hydrogen-bond acceptors (Lipinski definition) is 8. The molecule has 2 aromatic heterocycles. The largest absolute Gasteiger partial charge is 0.311 e. The van der Waals surface area contributed by atoms with Gasteiger partial charge in [0.25, 0.3) is 10.0 Å². The Kier molecular flexibility index (Phi) is 4.34. The van der Waals surface area contributed by atoms with Gasteiger partial charge in [0.15, 0.2) is 5.16 Å². The number of aromatic nitrogens is 5. The summed E-state index contributed by atoms with van der Waals surface area (Å²) in [7, 11) is -1.90. The fourth-order valence-electron chi connectivity index (χ4n) is 2.27. The summed E-state index contributed by atoms with van der Waals surface area (Å²) >= 11 is 2.43. The van der Waals surface area contributed by atoms with Gasteiger partial charge in [0.2, 0.25) is 0 Å². The first-order valence-corrected chi connectivity index (χ1v) is 10.4. The van der Waals surface area contributed by atoms with Gasteiger partial charge < -0.3 is 4.57 Å². The summed E-state index contributed by atoms with van der Waals surface area (Å²) in [5, 5.41) is 8.59. The molecule has 4 aromatic rings. The smallest absolute Gasteiger partial charge is 0.264 e. The number of benzene rings is 2. The van der Waals surface area contributed by atoms with E-state index in [2.05, 4.69) is 23.7 Å². The first-order chi connectivity index (χ1) is 12.5. The molecule has 0 bridgehead atoms. The summed E-state index contributed by atoms with van der Waals surface area (Å²) in [6.45, 7) is 0. The Hall–Kier alpha value is -2.50. The lowest BCUT2D eigenvalue weighted by molar-refractivity contribution is 0.602. The zero-order chi connectivity index (χ0) is 18.1. The van der Waals surface area contributed by atoms with Gasteiger partial charge >= 0.3 is 0 Å². The van der Waals surface area contributed by atoms with Crippen molar-refractivity contribution in [1.82, 2.24) is 23.5 Å². The molecule has 0 atom stereocenters. The van der Waals surface area contributed by atoms with E-state index < -0.39 is 10.0 Å². The van der Waals surface area contributed by atoms with Crippen molar-refractivity contribution >= 4 is 50.2 Å². The van der Waals surface area contributed by atoms with Crippen LogP contribution in [0.5, 0.6) is 0 Å². The summed E-state index contributed by atoms with van der Waals surface area (Å²) in [4.78, 5) is 1.04. The third kappa shape index (κ3) is 3.28. The third-order valence-electron chi connectivity index (χ3n) is 3.52. The number of sulfonamides is 1. The van der Waals surface area contributed by atoms with Crippen molar-refractivity contribution in [3.8, 4) is 0 Å². The van der Waals surface area contributed by atoms with Crippen LogP contribution in [0, 0.1) is 0 Å². The second kappa shape index (κ2) is 6.67. The molecule has 132 valence electrons. The van der Waals surface area contributed by atoms with Crippen LogP contribution in [0.15, 0.2) is 63.7 Å². The summed E-state index contributed by atoms with van der Waals surface area (Å²) in [6.07, 6.45) is 1.62. The van der Waals surface area contributed by atoms with Gasteiger partial charge in [0, 0.05) is 17.6 Å². The van der Waals surface area contributed by atoms with Gasteiger partial charge in [0.05, 0.1) is 11.7 Å². The molecule has 0 amide bonds. The molecule has 0 aliphatic rings. The molecular weight excluding hydrogens is 392 g/mol. The molecule has 0 saturated carbocycles. The Labute approximate surface area is 157 Å². The highest BCUT2D eigenvalue weighted by molar-refractivity contribution is 7.99. The molecule has 0 unspecified atom stereocenters. The molecule has 0 aliphatic heterocycles. The average molecular weight is 405 g/mol. The zero-order valence-corrected chi connectivity index (χ0v) is 15.8. The average Bonchev–Trinajstić information content (AvgIpc) is 3.25. The molecule has 11 heteroatoms. The van der Waals surface area contributed by atoms with Gasteiger partial charge in [-0.1, -0.05) is 6.07 Å². The second-order valence-electron chi connectivity index (χ2n) is 5.34. The van der Waals surface area contributed by atoms with E-state index >= 15 is 0 Å². The van der Waals surface area contributed by atoms with Crippen LogP contribution in [0.4, 0.5) is 5.69 Å². The summed E-state index contributed by atoms with van der Waals surface area (Å²) in [6, 6.07) is 12.0. The first kappa shape index (κ1) is 16.9. The maximum Gasteiger partial charge on any atom is 0.264 e. The number of anilines is 1. The number of fused-ring (bicyclic) bond motifs is 1. The van der Waals surface area contributed by atoms with E-state index in [1.54, 1.807) is 30.6 Å². The minimum Gasteiger partial charge on any atom is -0.311 e.